The number of hydrogen-bond acceptors (Lipinski definition) is 4. The van der Waals surface area contributed by atoms with Gasteiger partial charge in [0.2, 0.25) is 5.65 Å². The number of imidazole rings is 1. The van der Waals surface area contributed by atoms with E-state index < -0.39 is 0 Å². The van der Waals surface area contributed by atoms with E-state index in [2.05, 4.69) is 16.9 Å². The van der Waals surface area contributed by atoms with E-state index >= 15 is 0 Å². The second kappa shape index (κ2) is 6.64. The molecule has 0 aliphatic heterocycles. The summed E-state index contributed by atoms with van der Waals surface area (Å²) in [7, 11) is 3.12. The molecule has 3 aromatic rings. The number of carbonyl (C=O) groups excluding carboxylic acids is 1. The predicted octanol–water partition coefficient (Wildman–Crippen LogP) is 1.72. The summed E-state index contributed by atoms with van der Waals surface area (Å²) in [6.45, 7) is 4.05. The molecule has 0 unspecified atom stereocenters. The summed E-state index contributed by atoms with van der Waals surface area (Å²) >= 11 is 0. The highest BCUT2D eigenvalue weighted by molar-refractivity contribution is 5.92. The minimum atomic E-state index is -0.343. The van der Waals surface area contributed by atoms with E-state index in [4.69, 9.17) is 4.74 Å². The van der Waals surface area contributed by atoms with Gasteiger partial charge in [0.05, 0.1) is 12.8 Å². The molecule has 0 saturated carbocycles. The molecule has 2 aromatic heterocycles. The third-order valence-electron chi connectivity index (χ3n) is 3.88. The fourth-order valence-corrected chi connectivity index (χ4v) is 2.62. The van der Waals surface area contributed by atoms with Crippen LogP contribution < -0.4 is 15.6 Å². The minimum absolute atomic E-state index is 0.191. The number of nitrogens with zero attached hydrogens (tertiary/aromatic N) is 3. The van der Waals surface area contributed by atoms with Crippen LogP contribution in [0.4, 0.5) is 0 Å². The number of rotatable bonds is 5. The summed E-state index contributed by atoms with van der Waals surface area (Å²) in [4.78, 5) is 28.8. The van der Waals surface area contributed by atoms with Gasteiger partial charge >= 0.3 is 0 Å². The molecule has 1 amide bonds. The number of ether oxygens (including phenoxy) is 1. The molecular weight excluding hydrogens is 320 g/mol. The highest BCUT2D eigenvalue weighted by atomic mass is 16.5. The number of benzene rings is 1. The number of amides is 1. The molecule has 3 rings (SSSR count). The second-order valence-electron chi connectivity index (χ2n) is 5.38. The van der Waals surface area contributed by atoms with E-state index in [1.54, 1.807) is 34.5 Å². The van der Waals surface area contributed by atoms with Crippen LogP contribution in [0.15, 0.2) is 54.1 Å². The fourth-order valence-electron chi connectivity index (χ4n) is 2.62. The quantitative estimate of drug-likeness (QED) is 0.719. The van der Waals surface area contributed by atoms with Gasteiger partial charge in [0.25, 0.3) is 11.5 Å². The standard InChI is InChI=1S/C18H18N4O3/c1-4-9-22-15(12-5-7-13(25-3)8-6-12)11-21-10-14(17(23)19-2)20-16(21)18(22)24/h4-8,10-11H,1,9H2,2-3H3,(H,19,23). The maximum absolute atomic E-state index is 12.8. The lowest BCUT2D eigenvalue weighted by molar-refractivity contribution is 0.0959. The molecule has 128 valence electrons. The largest absolute Gasteiger partial charge is 0.497 e. The number of aromatic nitrogens is 3. The van der Waals surface area contributed by atoms with Gasteiger partial charge in [-0.3, -0.25) is 18.6 Å². The Bertz CT molecular complexity index is 1000. The molecule has 1 N–H and O–H groups in total. The van der Waals surface area contributed by atoms with Crippen LogP contribution in [0.3, 0.4) is 0 Å². The van der Waals surface area contributed by atoms with Gasteiger partial charge in [-0.15, -0.1) is 6.58 Å². The average Bonchev–Trinajstić information content (AvgIpc) is 3.08. The van der Waals surface area contributed by atoms with Crippen molar-refractivity contribution in [2.75, 3.05) is 14.2 Å². The van der Waals surface area contributed by atoms with Gasteiger partial charge < -0.3 is 10.1 Å². The molecule has 0 aliphatic rings. The lowest BCUT2D eigenvalue weighted by atomic mass is 10.1. The van der Waals surface area contributed by atoms with E-state index in [0.717, 1.165) is 11.3 Å². The third-order valence-corrected chi connectivity index (χ3v) is 3.88. The van der Waals surface area contributed by atoms with Gasteiger partial charge in [0.1, 0.15) is 11.4 Å². The first kappa shape index (κ1) is 16.5. The highest BCUT2D eigenvalue weighted by Crippen LogP contribution is 2.22. The number of nitrogens with one attached hydrogen (secondary N) is 1. The first-order valence-electron chi connectivity index (χ1n) is 7.69. The van der Waals surface area contributed by atoms with Crippen molar-refractivity contribution in [3.63, 3.8) is 0 Å². The summed E-state index contributed by atoms with van der Waals surface area (Å²) in [6.07, 6.45) is 4.97. The van der Waals surface area contributed by atoms with Gasteiger partial charge in [-0.1, -0.05) is 6.08 Å². The molecule has 25 heavy (non-hydrogen) atoms. The molecule has 1 aromatic carbocycles. The van der Waals surface area contributed by atoms with Crippen molar-refractivity contribution < 1.29 is 9.53 Å². The topological polar surface area (TPSA) is 77.6 Å². The summed E-state index contributed by atoms with van der Waals surface area (Å²) in [6, 6.07) is 7.39. The van der Waals surface area contributed by atoms with Crippen molar-refractivity contribution in [2.45, 2.75) is 6.54 Å². The van der Waals surface area contributed by atoms with Crippen LogP contribution in [0.1, 0.15) is 10.5 Å². The van der Waals surface area contributed by atoms with Crippen LogP contribution in [-0.4, -0.2) is 34.0 Å². The van der Waals surface area contributed by atoms with Gasteiger partial charge in [-0.05, 0) is 24.3 Å². The van der Waals surface area contributed by atoms with E-state index in [1.165, 1.54) is 7.05 Å². The number of methoxy groups -OCH3 is 1. The molecule has 0 atom stereocenters. The SMILES string of the molecule is C=CCn1c(-c2ccc(OC)cc2)cn2cc(C(=O)NC)nc2c1=O. The predicted molar refractivity (Wildman–Crippen MR) is 95.0 cm³/mol. The van der Waals surface area contributed by atoms with Crippen LogP contribution in [-0.2, 0) is 6.54 Å². The molecule has 2 heterocycles. The Morgan fingerprint density at radius 1 is 1.32 bits per heavy atom. The minimum Gasteiger partial charge on any atom is -0.497 e. The molecule has 0 radical (unpaired) electrons. The molecule has 0 bridgehead atoms. The van der Waals surface area contributed by atoms with Crippen LogP contribution in [0.2, 0.25) is 0 Å². The smallest absolute Gasteiger partial charge is 0.295 e. The van der Waals surface area contributed by atoms with Crippen molar-refractivity contribution in [3.8, 4) is 17.0 Å². The summed E-state index contributed by atoms with van der Waals surface area (Å²) in [5.74, 6) is 0.386. The second-order valence-corrected chi connectivity index (χ2v) is 5.38. The van der Waals surface area contributed by atoms with Crippen molar-refractivity contribution in [3.05, 3.63) is 65.4 Å². The van der Waals surface area contributed by atoms with Gasteiger partial charge in [0, 0.05) is 31.5 Å². The van der Waals surface area contributed by atoms with Gasteiger partial charge in [-0.2, -0.15) is 0 Å². The molecule has 7 heteroatoms. The van der Waals surface area contributed by atoms with Crippen LogP contribution in [0.25, 0.3) is 16.9 Å². The highest BCUT2D eigenvalue weighted by Gasteiger charge is 2.16. The van der Waals surface area contributed by atoms with E-state index in [9.17, 15) is 9.59 Å². The zero-order chi connectivity index (χ0) is 18.0. The summed E-state index contributed by atoms with van der Waals surface area (Å²) in [5, 5.41) is 2.51. The number of hydrogen-bond donors (Lipinski definition) is 1. The molecule has 0 saturated heterocycles. The first-order chi connectivity index (χ1) is 12.1. The Hall–Kier alpha value is -3.35. The number of carbonyl (C=O) groups is 1. The average molecular weight is 338 g/mol. The van der Waals surface area contributed by atoms with Crippen LogP contribution in [0, 0.1) is 0 Å². The molecule has 0 fully saturated rings. The number of allylic oxidation sites excluding steroid dienone is 1. The normalized spacial score (nSPS) is 10.6. The van der Waals surface area contributed by atoms with Crippen molar-refractivity contribution >= 4 is 11.6 Å². The Kier molecular flexibility index (Phi) is 4.38. The molecular formula is C18H18N4O3. The summed E-state index contributed by atoms with van der Waals surface area (Å²) < 4.78 is 8.32. The van der Waals surface area contributed by atoms with Crippen LogP contribution in [0.5, 0.6) is 5.75 Å². The Labute approximate surface area is 144 Å². The fraction of sp³-hybridized carbons (Fsp3) is 0.167. The van der Waals surface area contributed by atoms with Gasteiger partial charge in [0.15, 0.2) is 0 Å². The van der Waals surface area contributed by atoms with E-state index in [-0.39, 0.29) is 22.8 Å². The van der Waals surface area contributed by atoms with Crippen LogP contribution >= 0.6 is 0 Å². The maximum atomic E-state index is 12.8. The zero-order valence-electron chi connectivity index (χ0n) is 14.0. The Morgan fingerprint density at radius 3 is 2.64 bits per heavy atom. The summed E-state index contributed by atoms with van der Waals surface area (Å²) in [5.41, 5.74) is 1.63. The Morgan fingerprint density at radius 2 is 2.04 bits per heavy atom. The monoisotopic (exact) mass is 338 g/mol. The van der Waals surface area contributed by atoms with E-state index in [0.29, 0.717) is 12.2 Å². The lowest BCUT2D eigenvalue weighted by Crippen LogP contribution is -2.23. The van der Waals surface area contributed by atoms with Crippen molar-refractivity contribution in [2.24, 2.45) is 0 Å². The lowest BCUT2D eigenvalue weighted by Gasteiger charge is -2.12. The zero-order valence-corrected chi connectivity index (χ0v) is 14.0. The first-order valence-corrected chi connectivity index (χ1v) is 7.69. The molecule has 7 nitrogen and oxygen atoms in total. The number of fused-ring (bicyclic) bond motifs is 1. The molecule has 0 aliphatic carbocycles. The third kappa shape index (κ3) is 2.91. The molecule has 0 spiro atoms. The van der Waals surface area contributed by atoms with Crippen molar-refractivity contribution in [1.82, 2.24) is 19.3 Å². The van der Waals surface area contributed by atoms with Gasteiger partial charge in [-0.25, -0.2) is 4.98 Å². The van der Waals surface area contributed by atoms with Crippen molar-refractivity contribution in [1.29, 1.82) is 0 Å². The Balaban J connectivity index is 2.25. The van der Waals surface area contributed by atoms with E-state index in [1.807, 2.05) is 24.3 Å². The maximum Gasteiger partial charge on any atom is 0.295 e.